The summed E-state index contributed by atoms with van der Waals surface area (Å²) in [7, 11) is 0. The Morgan fingerprint density at radius 2 is 0.534 bits per heavy atom. The summed E-state index contributed by atoms with van der Waals surface area (Å²) in [6.07, 6.45) is 0. The normalized spacial score (nSPS) is 11.4. The first kappa shape index (κ1) is 51.3. The van der Waals surface area contributed by atoms with E-state index in [4.69, 9.17) is 34.9 Å². The second-order valence-electron chi connectivity index (χ2n) is 21.6. The van der Waals surface area contributed by atoms with E-state index in [1.165, 1.54) is 0 Å². The Labute approximate surface area is 506 Å². The van der Waals surface area contributed by atoms with Crippen molar-refractivity contribution in [3.63, 3.8) is 0 Å². The van der Waals surface area contributed by atoms with Gasteiger partial charge >= 0.3 is 0 Å². The molecule has 11 aromatic carbocycles. The molecule has 0 saturated heterocycles. The maximum absolute atomic E-state index is 11.4. The van der Waals surface area contributed by atoms with Crippen LogP contribution in [0.5, 0.6) is 0 Å². The maximum Gasteiger partial charge on any atom is 0.164 e. The van der Waals surface area contributed by atoms with Crippen LogP contribution in [0.25, 0.3) is 157 Å². The molecule has 0 fully saturated rings. The Bertz CT molecular complexity index is 4930. The third-order valence-corrected chi connectivity index (χ3v) is 16.2. The first-order valence-electron chi connectivity index (χ1n) is 29.1. The van der Waals surface area contributed by atoms with Gasteiger partial charge in [0.1, 0.15) is 0 Å². The number of fused-ring (bicyclic) bond motifs is 6. The zero-order valence-electron chi connectivity index (χ0n) is 47.2. The molecule has 0 saturated carbocycles. The Kier molecular flexibility index (Phi) is 12.7. The Morgan fingerprint density at radius 3 is 0.875 bits per heavy atom. The van der Waals surface area contributed by atoms with Crippen molar-refractivity contribution >= 4 is 43.6 Å². The third-order valence-electron chi connectivity index (χ3n) is 16.2. The van der Waals surface area contributed by atoms with Crippen LogP contribution in [0, 0.1) is 11.3 Å². The van der Waals surface area contributed by atoms with E-state index in [2.05, 4.69) is 137 Å². The van der Waals surface area contributed by atoms with E-state index in [1.807, 2.05) is 170 Å². The van der Waals surface area contributed by atoms with Gasteiger partial charge in [-0.05, 0) is 78.4 Å². The van der Waals surface area contributed by atoms with Crippen molar-refractivity contribution < 1.29 is 0 Å². The Hall–Kier alpha value is -12.3. The smallest absolute Gasteiger partial charge is 0.164 e. The highest BCUT2D eigenvalue weighted by atomic mass is 15.1. The van der Waals surface area contributed by atoms with Gasteiger partial charge in [0.05, 0.1) is 56.5 Å². The summed E-state index contributed by atoms with van der Waals surface area (Å²) >= 11 is 0. The highest BCUT2D eigenvalue weighted by Gasteiger charge is 2.26. The van der Waals surface area contributed by atoms with Crippen molar-refractivity contribution in [2.75, 3.05) is 0 Å². The number of aromatic nitrogens is 9. The van der Waals surface area contributed by atoms with Gasteiger partial charge in [0.25, 0.3) is 0 Å². The first-order chi connectivity index (χ1) is 43.6. The van der Waals surface area contributed by atoms with Gasteiger partial charge in [0.15, 0.2) is 34.9 Å². The third kappa shape index (κ3) is 9.20. The molecule has 0 unspecified atom stereocenters. The molecule has 0 bridgehead atoms. The lowest BCUT2D eigenvalue weighted by molar-refractivity contribution is 1.07. The minimum absolute atomic E-state index is 0.485. The topological polar surface area (TPSA) is 124 Å². The molecule has 16 rings (SSSR count). The highest BCUT2D eigenvalue weighted by Crippen LogP contribution is 2.45. The minimum atomic E-state index is 0.485. The number of hydrogen-bond acceptors (Lipinski definition) is 8. The van der Waals surface area contributed by atoms with Gasteiger partial charge in [-0.15, -0.1) is 0 Å². The van der Waals surface area contributed by atoms with Crippen molar-refractivity contribution in [2.24, 2.45) is 0 Å². The van der Waals surface area contributed by atoms with Crippen molar-refractivity contribution in [1.82, 2.24) is 44.0 Å². The second kappa shape index (κ2) is 21.7. The average molecular weight is 1130 g/mol. The van der Waals surface area contributed by atoms with Crippen LogP contribution in [0.3, 0.4) is 0 Å². The molecule has 0 N–H and O–H groups in total. The van der Waals surface area contributed by atoms with Crippen LogP contribution in [0.2, 0.25) is 0 Å². The van der Waals surface area contributed by atoms with Crippen LogP contribution in [0.15, 0.2) is 291 Å². The summed E-state index contributed by atoms with van der Waals surface area (Å²) in [5.74, 6) is 3.44. The van der Waals surface area contributed by atoms with E-state index in [1.54, 1.807) is 0 Å². The maximum atomic E-state index is 11.4. The summed E-state index contributed by atoms with van der Waals surface area (Å²) in [6, 6.07) is 102. The number of pyridine rings is 1. The van der Waals surface area contributed by atoms with Crippen LogP contribution in [0.4, 0.5) is 0 Å². The Balaban J connectivity index is 0.967. The van der Waals surface area contributed by atoms with Gasteiger partial charge in [-0.25, -0.2) is 34.9 Å². The quantitative estimate of drug-likeness (QED) is 0.125. The van der Waals surface area contributed by atoms with Crippen molar-refractivity contribution in [3.05, 3.63) is 297 Å². The molecule has 5 aromatic heterocycles. The number of nitriles is 1. The predicted octanol–water partition coefficient (Wildman–Crippen LogP) is 18.5. The summed E-state index contributed by atoms with van der Waals surface area (Å²) in [4.78, 5) is 36.0. The minimum Gasteiger partial charge on any atom is -0.308 e. The molecule has 88 heavy (non-hydrogen) atoms. The number of rotatable bonds is 11. The monoisotopic (exact) mass is 1120 g/mol. The summed E-state index contributed by atoms with van der Waals surface area (Å²) in [5.41, 5.74) is 16.5. The SMILES string of the molecule is N#Cc1cc(-n2c3ccccc3c3cc(-c4nc(-c5ccccc5)nc(-c5ccccc5)n4)ccc32)c(-c2cc(-c3ccccc3)nc(-c3ccccc3)c2)c(-n2c3ccccc3c3cc(-c4nc(-c5ccccc5)nc(-c5ccccc5)n4)ccc32)c1. The van der Waals surface area contributed by atoms with E-state index in [0.29, 0.717) is 40.5 Å². The van der Waals surface area contributed by atoms with Gasteiger partial charge in [-0.3, -0.25) is 0 Å². The first-order valence-corrected chi connectivity index (χ1v) is 29.1. The molecule has 0 atom stereocenters. The molecular weight excluding hydrogens is 1080 g/mol. The molecule has 5 heterocycles. The zero-order chi connectivity index (χ0) is 58.5. The van der Waals surface area contributed by atoms with Gasteiger partial charge in [-0.2, -0.15) is 5.26 Å². The fourth-order valence-electron chi connectivity index (χ4n) is 12.1. The van der Waals surface area contributed by atoms with Gasteiger partial charge in [0.2, 0.25) is 0 Å². The average Bonchev–Trinajstić information content (AvgIpc) is 1.60. The zero-order valence-corrected chi connectivity index (χ0v) is 47.2. The van der Waals surface area contributed by atoms with Crippen molar-refractivity contribution in [1.29, 1.82) is 5.26 Å². The van der Waals surface area contributed by atoms with E-state index in [0.717, 1.165) is 122 Å². The van der Waals surface area contributed by atoms with Crippen LogP contribution >= 0.6 is 0 Å². The number of nitrogens with zero attached hydrogens (tertiary/aromatic N) is 10. The molecule has 410 valence electrons. The van der Waals surface area contributed by atoms with Crippen molar-refractivity contribution in [3.8, 4) is 119 Å². The molecule has 10 heteroatoms. The predicted molar refractivity (Wildman–Crippen MR) is 353 cm³/mol. The highest BCUT2D eigenvalue weighted by molar-refractivity contribution is 6.13. The van der Waals surface area contributed by atoms with Gasteiger partial charge < -0.3 is 9.13 Å². The lowest BCUT2D eigenvalue weighted by Crippen LogP contribution is -2.06. The summed E-state index contributed by atoms with van der Waals surface area (Å²) in [5, 5.41) is 15.4. The fraction of sp³-hybridized carbons (Fsp3) is 0. The molecule has 0 spiro atoms. The molecule has 0 radical (unpaired) electrons. The van der Waals surface area contributed by atoms with Crippen LogP contribution < -0.4 is 0 Å². The lowest BCUT2D eigenvalue weighted by Gasteiger charge is -2.22. The van der Waals surface area contributed by atoms with Crippen molar-refractivity contribution in [2.45, 2.75) is 0 Å². The van der Waals surface area contributed by atoms with Gasteiger partial charge in [0, 0.05) is 71.6 Å². The van der Waals surface area contributed by atoms with Gasteiger partial charge in [-0.1, -0.05) is 218 Å². The molecule has 16 aromatic rings. The van der Waals surface area contributed by atoms with E-state index >= 15 is 0 Å². The Morgan fingerprint density at radius 1 is 0.239 bits per heavy atom. The van der Waals surface area contributed by atoms with E-state index in [9.17, 15) is 5.26 Å². The number of hydrogen-bond donors (Lipinski definition) is 0. The standard InChI is InChI=1S/C78H48N10/c79-49-50-43-70(87-66-37-21-19-35-60(66)62-45-57(39-41-68(62)87)77-83-73(53-27-11-3-12-28-53)81-74(84-77)54-29-13-4-14-30-54)72(59-47-64(51-23-7-1-8-24-51)80-65(48-59)52-25-9-2-10-26-52)71(44-50)88-67-38-22-20-36-61(67)63-46-58(40-42-69(63)88)78-85-75(55-31-15-5-16-32-55)82-76(86-78)56-33-17-6-18-34-56/h1-48H. The lowest BCUT2D eigenvalue weighted by atomic mass is 9.95. The largest absolute Gasteiger partial charge is 0.308 e. The molecule has 0 amide bonds. The molecular formula is C78H48N10. The molecule has 0 aliphatic heterocycles. The van der Waals surface area contributed by atoms with E-state index in [-0.39, 0.29) is 0 Å². The van der Waals surface area contributed by atoms with E-state index < -0.39 is 0 Å². The second-order valence-corrected chi connectivity index (χ2v) is 21.6. The molecule has 0 aliphatic carbocycles. The number of benzene rings is 11. The number of para-hydroxylation sites is 2. The van der Waals surface area contributed by atoms with Crippen LogP contribution in [0.1, 0.15) is 5.56 Å². The molecule has 10 nitrogen and oxygen atoms in total. The van der Waals surface area contributed by atoms with Crippen LogP contribution in [-0.2, 0) is 0 Å². The molecule has 0 aliphatic rings. The summed E-state index contributed by atoms with van der Waals surface area (Å²) in [6.45, 7) is 0. The van der Waals surface area contributed by atoms with Crippen LogP contribution in [-0.4, -0.2) is 44.0 Å². The fourth-order valence-corrected chi connectivity index (χ4v) is 12.1. The summed E-state index contributed by atoms with van der Waals surface area (Å²) < 4.78 is 4.64.